The Labute approximate surface area is 184 Å². The fourth-order valence-electron chi connectivity index (χ4n) is 4.46. The van der Waals surface area contributed by atoms with Gasteiger partial charge in [0.15, 0.2) is 11.6 Å². The number of ether oxygens (including phenoxy) is 1. The minimum atomic E-state index is -0.417. The highest BCUT2D eigenvalue weighted by Gasteiger charge is 2.33. The number of aryl methyl sites for hydroxylation is 1. The molecule has 8 heteroatoms. The molecule has 2 aromatic carbocycles. The molecule has 7 nitrogen and oxygen atoms in total. The van der Waals surface area contributed by atoms with Crippen LogP contribution < -0.4 is 4.74 Å². The zero-order chi connectivity index (χ0) is 22.4. The van der Waals surface area contributed by atoms with Gasteiger partial charge < -0.3 is 9.64 Å². The first kappa shape index (κ1) is 20.1. The largest absolute Gasteiger partial charge is 0.494 e. The van der Waals surface area contributed by atoms with E-state index in [0.717, 1.165) is 28.0 Å². The number of aromatic nitrogens is 4. The zero-order valence-electron chi connectivity index (χ0n) is 18.0. The molecule has 1 aliphatic heterocycles. The van der Waals surface area contributed by atoms with Crippen LogP contribution in [0.2, 0.25) is 0 Å². The second-order valence-electron chi connectivity index (χ2n) is 7.87. The summed E-state index contributed by atoms with van der Waals surface area (Å²) < 4.78 is 21.1. The standard InChI is InChI=1S/C24H22FN5O2/c1-14-22-17(23(29(2)28-22)15-5-7-21(32-3)18(25)12-15)8-11-30(14)24(31)16-4-6-19-20(13-16)27-10-9-26-19/h4-7,9-10,12-14H,8,11H2,1-3H3. The minimum absolute atomic E-state index is 0.0709. The predicted octanol–water partition coefficient (Wildman–Crippen LogP) is 3.94. The highest BCUT2D eigenvalue weighted by atomic mass is 19.1. The molecule has 162 valence electrons. The van der Waals surface area contributed by atoms with E-state index in [9.17, 15) is 9.18 Å². The molecule has 0 aliphatic carbocycles. The van der Waals surface area contributed by atoms with Crippen molar-refractivity contribution in [1.82, 2.24) is 24.6 Å². The van der Waals surface area contributed by atoms with Gasteiger partial charge in [-0.25, -0.2) is 4.39 Å². The molecule has 0 radical (unpaired) electrons. The van der Waals surface area contributed by atoms with Gasteiger partial charge >= 0.3 is 0 Å². The Morgan fingerprint density at radius 1 is 1.12 bits per heavy atom. The van der Waals surface area contributed by atoms with Crippen molar-refractivity contribution in [3.63, 3.8) is 0 Å². The van der Waals surface area contributed by atoms with Crippen molar-refractivity contribution < 1.29 is 13.9 Å². The molecule has 1 atom stereocenters. The third kappa shape index (κ3) is 3.19. The third-order valence-electron chi connectivity index (χ3n) is 6.04. The molecule has 1 amide bonds. The Balaban J connectivity index is 1.48. The molecule has 4 aromatic rings. The second-order valence-corrected chi connectivity index (χ2v) is 7.87. The van der Waals surface area contributed by atoms with E-state index in [1.807, 2.05) is 31.0 Å². The lowest BCUT2D eigenvalue weighted by atomic mass is 9.95. The molecule has 3 heterocycles. The maximum atomic E-state index is 14.3. The molecule has 1 aliphatic rings. The number of carbonyl (C=O) groups excluding carboxylic acids is 1. The van der Waals surface area contributed by atoms with Crippen LogP contribution in [0.15, 0.2) is 48.8 Å². The Kier molecular flexibility index (Phi) is 4.84. The summed E-state index contributed by atoms with van der Waals surface area (Å²) in [4.78, 5) is 23.7. The van der Waals surface area contributed by atoms with E-state index in [0.29, 0.717) is 24.0 Å². The summed E-state index contributed by atoms with van der Waals surface area (Å²) in [5.41, 5.74) is 5.48. The van der Waals surface area contributed by atoms with Crippen LogP contribution in [0, 0.1) is 5.82 Å². The Bertz CT molecular complexity index is 1350. The lowest BCUT2D eigenvalue weighted by Gasteiger charge is -2.33. The van der Waals surface area contributed by atoms with Gasteiger partial charge in [0.2, 0.25) is 0 Å². The van der Waals surface area contributed by atoms with Crippen LogP contribution in [0.4, 0.5) is 4.39 Å². The van der Waals surface area contributed by atoms with E-state index in [1.165, 1.54) is 13.2 Å². The number of rotatable bonds is 3. The van der Waals surface area contributed by atoms with Gasteiger partial charge in [0.05, 0.1) is 35.6 Å². The van der Waals surface area contributed by atoms with Crippen molar-refractivity contribution in [2.45, 2.75) is 19.4 Å². The first-order chi connectivity index (χ1) is 15.5. The summed E-state index contributed by atoms with van der Waals surface area (Å²) in [7, 11) is 3.29. The van der Waals surface area contributed by atoms with Crippen LogP contribution >= 0.6 is 0 Å². The fraction of sp³-hybridized carbons (Fsp3) is 0.250. The molecule has 0 saturated carbocycles. The summed E-state index contributed by atoms with van der Waals surface area (Å²) in [6.07, 6.45) is 3.88. The number of amides is 1. The quantitative estimate of drug-likeness (QED) is 0.491. The Hall–Kier alpha value is -3.81. The van der Waals surface area contributed by atoms with Crippen LogP contribution in [0.25, 0.3) is 22.3 Å². The van der Waals surface area contributed by atoms with Crippen molar-refractivity contribution in [3.05, 3.63) is 71.4 Å². The molecule has 2 aromatic heterocycles. The molecule has 0 spiro atoms. The van der Waals surface area contributed by atoms with Gasteiger partial charge in [-0.3, -0.25) is 19.4 Å². The number of halogens is 1. The normalized spacial score (nSPS) is 15.6. The summed E-state index contributed by atoms with van der Waals surface area (Å²) in [6.45, 7) is 2.52. The highest BCUT2D eigenvalue weighted by molar-refractivity contribution is 5.97. The van der Waals surface area contributed by atoms with Crippen LogP contribution in [-0.2, 0) is 13.5 Å². The second kappa shape index (κ2) is 7.71. The number of carbonyl (C=O) groups is 1. The monoisotopic (exact) mass is 431 g/mol. The van der Waals surface area contributed by atoms with E-state index in [1.54, 1.807) is 35.3 Å². The first-order valence-corrected chi connectivity index (χ1v) is 10.4. The van der Waals surface area contributed by atoms with Gasteiger partial charge in [0.25, 0.3) is 5.91 Å². The topological polar surface area (TPSA) is 73.1 Å². The van der Waals surface area contributed by atoms with E-state index in [4.69, 9.17) is 9.84 Å². The van der Waals surface area contributed by atoms with Gasteiger partial charge in [-0.2, -0.15) is 5.10 Å². The number of benzene rings is 2. The van der Waals surface area contributed by atoms with Gasteiger partial charge in [-0.15, -0.1) is 0 Å². The van der Waals surface area contributed by atoms with Crippen LogP contribution in [0.1, 0.15) is 34.6 Å². The van der Waals surface area contributed by atoms with Crippen molar-refractivity contribution >= 4 is 16.9 Å². The van der Waals surface area contributed by atoms with E-state index >= 15 is 0 Å². The molecule has 1 unspecified atom stereocenters. The molecule has 5 rings (SSSR count). The maximum absolute atomic E-state index is 14.3. The SMILES string of the molecule is COc1ccc(-c2c3c(nn2C)C(C)N(C(=O)c2ccc4nccnc4c2)CC3)cc1F. The maximum Gasteiger partial charge on any atom is 0.254 e. The van der Waals surface area contributed by atoms with Crippen molar-refractivity contribution in [2.24, 2.45) is 7.05 Å². The van der Waals surface area contributed by atoms with E-state index in [2.05, 4.69) is 9.97 Å². The number of nitrogens with zero attached hydrogens (tertiary/aromatic N) is 5. The third-order valence-corrected chi connectivity index (χ3v) is 6.04. The van der Waals surface area contributed by atoms with Gasteiger partial charge in [0.1, 0.15) is 0 Å². The minimum Gasteiger partial charge on any atom is -0.494 e. The predicted molar refractivity (Wildman–Crippen MR) is 118 cm³/mol. The summed E-state index contributed by atoms with van der Waals surface area (Å²) in [5, 5.41) is 4.70. The molecule has 32 heavy (non-hydrogen) atoms. The average Bonchev–Trinajstić information content (AvgIpc) is 3.15. The Morgan fingerprint density at radius 2 is 1.91 bits per heavy atom. The number of hydrogen-bond acceptors (Lipinski definition) is 5. The molecular formula is C24H22FN5O2. The van der Waals surface area contributed by atoms with Gasteiger partial charge in [-0.1, -0.05) is 0 Å². The molecule has 0 N–H and O–H groups in total. The fourth-order valence-corrected chi connectivity index (χ4v) is 4.46. The number of methoxy groups -OCH3 is 1. The van der Waals surface area contributed by atoms with Crippen LogP contribution in [0.5, 0.6) is 5.75 Å². The summed E-state index contributed by atoms with van der Waals surface area (Å²) >= 11 is 0. The average molecular weight is 431 g/mol. The smallest absolute Gasteiger partial charge is 0.254 e. The highest BCUT2D eigenvalue weighted by Crippen LogP contribution is 2.37. The Morgan fingerprint density at radius 3 is 2.66 bits per heavy atom. The van der Waals surface area contributed by atoms with Crippen molar-refractivity contribution in [2.75, 3.05) is 13.7 Å². The molecule has 0 saturated heterocycles. The number of hydrogen-bond donors (Lipinski definition) is 0. The van der Waals surface area contributed by atoms with E-state index < -0.39 is 5.82 Å². The van der Waals surface area contributed by atoms with Crippen LogP contribution in [0.3, 0.4) is 0 Å². The van der Waals surface area contributed by atoms with Gasteiger partial charge in [0, 0.05) is 42.7 Å². The van der Waals surface area contributed by atoms with Crippen molar-refractivity contribution in [3.8, 4) is 17.0 Å². The number of fused-ring (bicyclic) bond motifs is 2. The van der Waals surface area contributed by atoms with E-state index in [-0.39, 0.29) is 17.7 Å². The van der Waals surface area contributed by atoms with Crippen LogP contribution in [-0.4, -0.2) is 44.2 Å². The van der Waals surface area contributed by atoms with Gasteiger partial charge in [-0.05, 0) is 49.7 Å². The van der Waals surface area contributed by atoms with Crippen molar-refractivity contribution in [1.29, 1.82) is 0 Å². The lowest BCUT2D eigenvalue weighted by molar-refractivity contribution is 0.0674. The first-order valence-electron chi connectivity index (χ1n) is 10.4. The summed E-state index contributed by atoms with van der Waals surface area (Å²) in [6, 6.07) is 10.1. The molecule has 0 fully saturated rings. The molecule has 0 bridgehead atoms. The lowest BCUT2D eigenvalue weighted by Crippen LogP contribution is -2.38. The molecular weight excluding hydrogens is 409 g/mol. The summed E-state index contributed by atoms with van der Waals surface area (Å²) in [5.74, 6) is -0.284. The zero-order valence-corrected chi connectivity index (χ0v) is 18.0.